The first-order valence-electron chi connectivity index (χ1n) is 5.29. The van der Waals surface area contributed by atoms with Gasteiger partial charge in [-0.1, -0.05) is 25.0 Å². The molecule has 1 saturated carbocycles. The number of hydrogen-bond acceptors (Lipinski definition) is 1. The van der Waals surface area contributed by atoms with Crippen molar-refractivity contribution in [1.82, 2.24) is 0 Å². The number of halogens is 2. The Balaban J connectivity index is 2.22. The van der Waals surface area contributed by atoms with Crippen molar-refractivity contribution in [3.63, 3.8) is 0 Å². The molecule has 2 rings (SSSR count). The topological polar surface area (TPSA) is 26.0 Å². The van der Waals surface area contributed by atoms with Crippen molar-refractivity contribution < 1.29 is 8.78 Å². The highest BCUT2D eigenvalue weighted by atomic mass is 19.2. The third-order valence-corrected chi connectivity index (χ3v) is 2.99. The van der Waals surface area contributed by atoms with Crippen LogP contribution in [-0.4, -0.2) is 0 Å². The van der Waals surface area contributed by atoms with Gasteiger partial charge in [0.05, 0.1) is 0 Å². The van der Waals surface area contributed by atoms with Crippen molar-refractivity contribution in [2.45, 2.75) is 32.2 Å². The van der Waals surface area contributed by atoms with Crippen molar-refractivity contribution in [2.75, 3.05) is 0 Å². The summed E-state index contributed by atoms with van der Waals surface area (Å²) in [6.07, 6.45) is 3.10. The van der Waals surface area contributed by atoms with Crippen LogP contribution in [0.25, 0.3) is 0 Å². The lowest BCUT2D eigenvalue weighted by Gasteiger charge is -2.13. The van der Waals surface area contributed by atoms with Crippen molar-refractivity contribution in [1.29, 1.82) is 0 Å². The molecule has 1 aromatic carbocycles. The summed E-state index contributed by atoms with van der Waals surface area (Å²) in [5.41, 5.74) is 6.49. The summed E-state index contributed by atoms with van der Waals surface area (Å²) in [4.78, 5) is 0. The molecule has 1 atom stereocenters. The van der Waals surface area contributed by atoms with Gasteiger partial charge < -0.3 is 5.73 Å². The van der Waals surface area contributed by atoms with Crippen LogP contribution in [0.1, 0.15) is 36.4 Å². The van der Waals surface area contributed by atoms with Crippen LogP contribution in [0.2, 0.25) is 0 Å². The maximum absolute atomic E-state index is 13.5. The Morgan fingerprint density at radius 2 is 2.00 bits per heavy atom. The molecular weight excluding hydrogens is 196 g/mol. The molecule has 0 spiro atoms. The minimum atomic E-state index is -0.775. The molecule has 82 valence electrons. The molecule has 0 unspecified atom stereocenters. The fourth-order valence-corrected chi connectivity index (χ4v) is 1.79. The third kappa shape index (κ3) is 2.17. The molecule has 2 N–H and O–H groups in total. The zero-order valence-corrected chi connectivity index (χ0v) is 8.76. The third-order valence-electron chi connectivity index (χ3n) is 2.99. The van der Waals surface area contributed by atoms with Crippen molar-refractivity contribution in [2.24, 2.45) is 11.7 Å². The maximum Gasteiger partial charge on any atom is 0.163 e. The molecule has 0 aromatic heterocycles. The Bertz CT molecular complexity index is 372. The van der Waals surface area contributed by atoms with Gasteiger partial charge in [-0.25, -0.2) is 8.78 Å². The Morgan fingerprint density at radius 3 is 2.60 bits per heavy atom. The highest BCUT2D eigenvalue weighted by molar-refractivity contribution is 5.27. The van der Waals surface area contributed by atoms with Crippen molar-refractivity contribution in [3.05, 3.63) is 34.9 Å². The highest BCUT2D eigenvalue weighted by Gasteiger charge is 2.26. The van der Waals surface area contributed by atoms with Crippen molar-refractivity contribution in [3.8, 4) is 0 Å². The summed E-state index contributed by atoms with van der Waals surface area (Å²) in [5.74, 6) is -0.925. The van der Waals surface area contributed by atoms with Crippen LogP contribution >= 0.6 is 0 Å². The molecule has 0 amide bonds. The Kier molecular flexibility index (Phi) is 2.74. The minimum absolute atomic E-state index is 0.310. The lowest BCUT2D eigenvalue weighted by atomic mass is 10.00. The molecule has 1 aliphatic rings. The van der Waals surface area contributed by atoms with E-state index in [2.05, 4.69) is 0 Å². The van der Waals surface area contributed by atoms with Gasteiger partial charge in [-0.05, 0) is 24.8 Å². The summed E-state index contributed by atoms with van der Waals surface area (Å²) in [6, 6.07) is 2.81. The molecule has 1 aromatic rings. The molecule has 0 radical (unpaired) electrons. The first-order chi connectivity index (χ1) is 7.09. The van der Waals surface area contributed by atoms with Crippen LogP contribution in [0.15, 0.2) is 12.1 Å². The first-order valence-corrected chi connectivity index (χ1v) is 5.29. The zero-order chi connectivity index (χ0) is 11.0. The molecule has 1 aliphatic carbocycles. The van der Waals surface area contributed by atoms with E-state index in [9.17, 15) is 8.78 Å². The van der Waals surface area contributed by atoms with E-state index in [1.165, 1.54) is 12.8 Å². The molecule has 0 heterocycles. The van der Waals surface area contributed by atoms with E-state index in [1.54, 1.807) is 19.1 Å². The number of hydrogen-bond donors (Lipinski definition) is 1. The fraction of sp³-hybridized carbons (Fsp3) is 0.500. The lowest BCUT2D eigenvalue weighted by molar-refractivity contribution is 0.474. The van der Waals surface area contributed by atoms with Gasteiger partial charge in [0, 0.05) is 11.6 Å². The van der Waals surface area contributed by atoms with E-state index in [0.29, 0.717) is 17.0 Å². The Hall–Kier alpha value is -0.960. The number of benzene rings is 1. The number of nitrogens with two attached hydrogens (primary N) is 1. The van der Waals surface area contributed by atoms with Gasteiger partial charge in [0.1, 0.15) is 0 Å². The fourth-order valence-electron chi connectivity index (χ4n) is 1.79. The van der Waals surface area contributed by atoms with E-state index in [4.69, 9.17) is 5.73 Å². The second-order valence-corrected chi connectivity index (χ2v) is 4.39. The van der Waals surface area contributed by atoms with E-state index in [-0.39, 0.29) is 6.04 Å². The zero-order valence-electron chi connectivity index (χ0n) is 8.76. The number of rotatable bonds is 3. The van der Waals surface area contributed by atoms with Gasteiger partial charge in [0.15, 0.2) is 11.6 Å². The quantitative estimate of drug-likeness (QED) is 0.817. The van der Waals surface area contributed by atoms with Gasteiger partial charge >= 0.3 is 0 Å². The summed E-state index contributed by atoms with van der Waals surface area (Å²) >= 11 is 0. The van der Waals surface area contributed by atoms with E-state index in [0.717, 1.165) is 6.42 Å². The minimum Gasteiger partial charge on any atom is -0.324 e. The smallest absolute Gasteiger partial charge is 0.163 e. The summed E-state index contributed by atoms with van der Waals surface area (Å²) < 4.78 is 26.8. The van der Waals surface area contributed by atoms with E-state index >= 15 is 0 Å². The lowest BCUT2D eigenvalue weighted by Crippen LogP contribution is -2.14. The largest absolute Gasteiger partial charge is 0.324 e. The molecule has 0 saturated heterocycles. The van der Waals surface area contributed by atoms with Gasteiger partial charge in [-0.15, -0.1) is 0 Å². The normalized spacial score (nSPS) is 17.9. The molecule has 0 aliphatic heterocycles. The Labute approximate surface area is 88.3 Å². The molecule has 15 heavy (non-hydrogen) atoms. The highest BCUT2D eigenvalue weighted by Crippen LogP contribution is 2.37. The second kappa shape index (κ2) is 3.89. The Morgan fingerprint density at radius 1 is 1.33 bits per heavy atom. The average Bonchev–Trinajstić information content (AvgIpc) is 2.98. The standard InChI is InChI=1S/C12H15F2N/c1-7-2-5-9(12(14)11(7)13)10(15)6-8-3-4-8/h2,5,8,10H,3-4,6,15H2,1H3/t10-/m1/s1. The predicted octanol–water partition coefficient (Wildman–Crippen LogP) is 3.07. The van der Waals surface area contributed by atoms with Crippen LogP contribution in [0.5, 0.6) is 0 Å². The first kappa shape index (κ1) is 10.6. The second-order valence-electron chi connectivity index (χ2n) is 4.39. The van der Waals surface area contributed by atoms with Crippen LogP contribution in [0.3, 0.4) is 0 Å². The number of aryl methyl sites for hydroxylation is 1. The average molecular weight is 211 g/mol. The van der Waals surface area contributed by atoms with Crippen LogP contribution in [-0.2, 0) is 0 Å². The SMILES string of the molecule is Cc1ccc([C@H](N)CC2CC2)c(F)c1F. The molecule has 1 fully saturated rings. The van der Waals surface area contributed by atoms with Gasteiger partial charge in [0.25, 0.3) is 0 Å². The van der Waals surface area contributed by atoms with Crippen LogP contribution < -0.4 is 5.73 Å². The summed E-state index contributed by atoms with van der Waals surface area (Å²) in [5, 5.41) is 0. The maximum atomic E-state index is 13.5. The van der Waals surface area contributed by atoms with Crippen LogP contribution in [0, 0.1) is 24.5 Å². The molecule has 0 bridgehead atoms. The summed E-state index contributed by atoms with van der Waals surface area (Å²) in [6.45, 7) is 1.55. The molecular formula is C12H15F2N. The molecule has 3 heteroatoms. The monoisotopic (exact) mass is 211 g/mol. The van der Waals surface area contributed by atoms with Gasteiger partial charge in [-0.3, -0.25) is 0 Å². The summed E-state index contributed by atoms with van der Waals surface area (Å²) in [7, 11) is 0. The van der Waals surface area contributed by atoms with Crippen molar-refractivity contribution >= 4 is 0 Å². The predicted molar refractivity (Wildman–Crippen MR) is 55.4 cm³/mol. The molecule has 1 nitrogen and oxygen atoms in total. The van der Waals surface area contributed by atoms with Crippen LogP contribution in [0.4, 0.5) is 8.78 Å². The van der Waals surface area contributed by atoms with E-state index < -0.39 is 11.6 Å². The van der Waals surface area contributed by atoms with E-state index in [1.807, 2.05) is 0 Å². The van der Waals surface area contributed by atoms with Gasteiger partial charge in [-0.2, -0.15) is 0 Å². The van der Waals surface area contributed by atoms with Gasteiger partial charge in [0.2, 0.25) is 0 Å².